The molecule has 2 aromatic heterocycles. The van der Waals surface area contributed by atoms with Crippen LogP contribution >= 0.6 is 11.3 Å². The first-order valence-electron chi connectivity index (χ1n) is 9.90. The second-order valence-corrected chi connectivity index (χ2v) is 8.51. The number of fused-ring (bicyclic) bond motifs is 2. The molecule has 1 aliphatic rings. The number of benzene rings is 2. The van der Waals surface area contributed by atoms with Gasteiger partial charge in [-0.1, -0.05) is 18.2 Å². The average molecular weight is 416 g/mol. The molecule has 0 radical (unpaired) electrons. The van der Waals surface area contributed by atoms with E-state index in [-0.39, 0.29) is 11.5 Å². The lowest BCUT2D eigenvalue weighted by atomic mass is 10.1. The van der Waals surface area contributed by atoms with Crippen LogP contribution in [0.3, 0.4) is 0 Å². The second kappa shape index (κ2) is 7.46. The minimum atomic E-state index is -0.280. The van der Waals surface area contributed by atoms with Gasteiger partial charge < -0.3 is 14.8 Å². The number of aromatic nitrogens is 1. The summed E-state index contributed by atoms with van der Waals surface area (Å²) in [6, 6.07) is 19.0. The molecule has 0 saturated heterocycles. The summed E-state index contributed by atoms with van der Waals surface area (Å²) in [4.78, 5) is 29.0. The molecular weight excluding hydrogens is 394 g/mol. The molecule has 2 aromatic carbocycles. The van der Waals surface area contributed by atoms with Gasteiger partial charge in [0, 0.05) is 47.8 Å². The average Bonchev–Trinajstić information content (AvgIpc) is 3.24. The SMILES string of the molecule is Cn1c(=O)cc(C(=O)Nc2ccc(N3CCc4sccc4C3)cc2)c2ccccc21. The Bertz CT molecular complexity index is 1300. The third-order valence-corrected chi connectivity index (χ3v) is 6.72. The third kappa shape index (κ3) is 3.29. The molecule has 30 heavy (non-hydrogen) atoms. The van der Waals surface area contributed by atoms with Gasteiger partial charge in [0.1, 0.15) is 0 Å². The number of thiophene rings is 1. The number of rotatable bonds is 3. The van der Waals surface area contributed by atoms with E-state index in [1.54, 1.807) is 11.6 Å². The highest BCUT2D eigenvalue weighted by atomic mass is 32.1. The summed E-state index contributed by atoms with van der Waals surface area (Å²) >= 11 is 1.83. The largest absolute Gasteiger partial charge is 0.367 e. The van der Waals surface area contributed by atoms with E-state index < -0.39 is 0 Å². The molecule has 1 aliphatic heterocycles. The van der Waals surface area contributed by atoms with Crippen LogP contribution in [0.2, 0.25) is 0 Å². The van der Waals surface area contributed by atoms with Crippen molar-refractivity contribution in [3.8, 4) is 0 Å². The summed E-state index contributed by atoms with van der Waals surface area (Å²) < 4.78 is 1.55. The maximum absolute atomic E-state index is 12.9. The number of carbonyl (C=O) groups is 1. The highest BCUT2D eigenvalue weighted by molar-refractivity contribution is 7.10. The quantitative estimate of drug-likeness (QED) is 0.539. The molecule has 0 saturated carbocycles. The lowest BCUT2D eigenvalue weighted by Crippen LogP contribution is -2.29. The summed E-state index contributed by atoms with van der Waals surface area (Å²) in [5.41, 5.74) is 4.18. The molecule has 0 atom stereocenters. The Morgan fingerprint density at radius 1 is 1.07 bits per heavy atom. The smallest absolute Gasteiger partial charge is 0.256 e. The number of amides is 1. The molecular formula is C24H21N3O2S. The number of hydrogen-bond donors (Lipinski definition) is 1. The van der Waals surface area contributed by atoms with Crippen LogP contribution in [-0.4, -0.2) is 17.0 Å². The molecule has 6 heteroatoms. The van der Waals surface area contributed by atoms with Gasteiger partial charge >= 0.3 is 0 Å². The number of anilines is 2. The summed E-state index contributed by atoms with van der Waals surface area (Å²) in [6.45, 7) is 1.92. The topological polar surface area (TPSA) is 54.3 Å². The lowest BCUT2D eigenvalue weighted by Gasteiger charge is -2.29. The highest BCUT2D eigenvalue weighted by Crippen LogP contribution is 2.28. The van der Waals surface area contributed by atoms with E-state index in [1.165, 1.54) is 16.5 Å². The number of carbonyl (C=O) groups excluding carboxylic acids is 1. The van der Waals surface area contributed by atoms with Crippen LogP contribution < -0.4 is 15.8 Å². The molecule has 3 heterocycles. The van der Waals surface area contributed by atoms with Crippen LogP contribution in [0.5, 0.6) is 0 Å². The van der Waals surface area contributed by atoms with Crippen LogP contribution in [0, 0.1) is 0 Å². The van der Waals surface area contributed by atoms with Crippen molar-refractivity contribution in [3.63, 3.8) is 0 Å². The van der Waals surface area contributed by atoms with Crippen molar-refractivity contribution in [2.75, 3.05) is 16.8 Å². The fraction of sp³-hybridized carbons (Fsp3) is 0.167. The van der Waals surface area contributed by atoms with Gasteiger partial charge in [-0.05, 0) is 53.8 Å². The monoisotopic (exact) mass is 415 g/mol. The van der Waals surface area contributed by atoms with E-state index >= 15 is 0 Å². The summed E-state index contributed by atoms with van der Waals surface area (Å²) in [5, 5.41) is 5.85. The number of para-hydroxylation sites is 1. The Morgan fingerprint density at radius 2 is 1.87 bits per heavy atom. The lowest BCUT2D eigenvalue weighted by molar-refractivity contribution is 0.102. The summed E-state index contributed by atoms with van der Waals surface area (Å²) in [5.74, 6) is -0.280. The Balaban J connectivity index is 1.37. The van der Waals surface area contributed by atoms with Crippen molar-refractivity contribution >= 4 is 39.5 Å². The van der Waals surface area contributed by atoms with Gasteiger partial charge in [0.2, 0.25) is 0 Å². The predicted molar refractivity (Wildman–Crippen MR) is 123 cm³/mol. The molecule has 0 unspecified atom stereocenters. The molecule has 1 N–H and O–H groups in total. The Labute approximate surface area is 178 Å². The van der Waals surface area contributed by atoms with Crippen molar-refractivity contribution in [2.45, 2.75) is 13.0 Å². The molecule has 4 aromatic rings. The van der Waals surface area contributed by atoms with E-state index in [0.717, 1.165) is 36.1 Å². The Morgan fingerprint density at radius 3 is 2.70 bits per heavy atom. The van der Waals surface area contributed by atoms with Crippen molar-refractivity contribution in [1.82, 2.24) is 4.57 Å². The predicted octanol–water partition coefficient (Wildman–Crippen LogP) is 4.42. The molecule has 1 amide bonds. The number of nitrogens with one attached hydrogen (secondary N) is 1. The normalized spacial score (nSPS) is 13.3. The van der Waals surface area contributed by atoms with Gasteiger partial charge in [0.25, 0.3) is 11.5 Å². The van der Waals surface area contributed by atoms with E-state index in [1.807, 2.05) is 59.9 Å². The minimum Gasteiger partial charge on any atom is -0.367 e. The molecule has 0 aliphatic carbocycles. The van der Waals surface area contributed by atoms with Gasteiger partial charge in [-0.2, -0.15) is 0 Å². The Hall–Kier alpha value is -3.38. The van der Waals surface area contributed by atoms with E-state index in [9.17, 15) is 9.59 Å². The van der Waals surface area contributed by atoms with Crippen LogP contribution in [0.4, 0.5) is 11.4 Å². The molecule has 5 rings (SSSR count). The van der Waals surface area contributed by atoms with Gasteiger partial charge in [0.05, 0.1) is 11.1 Å². The van der Waals surface area contributed by atoms with Crippen LogP contribution in [0.15, 0.2) is 70.8 Å². The molecule has 0 fully saturated rings. The fourth-order valence-corrected chi connectivity index (χ4v) is 4.91. The number of pyridine rings is 1. The van der Waals surface area contributed by atoms with Crippen LogP contribution in [0.1, 0.15) is 20.8 Å². The van der Waals surface area contributed by atoms with Gasteiger partial charge in [-0.15, -0.1) is 11.3 Å². The first-order valence-corrected chi connectivity index (χ1v) is 10.8. The molecule has 150 valence electrons. The van der Waals surface area contributed by atoms with Gasteiger partial charge in [-0.25, -0.2) is 0 Å². The highest BCUT2D eigenvalue weighted by Gasteiger charge is 2.18. The van der Waals surface area contributed by atoms with E-state index in [4.69, 9.17) is 0 Å². The number of aryl methyl sites for hydroxylation is 1. The van der Waals surface area contributed by atoms with Crippen molar-refractivity contribution in [3.05, 3.63) is 92.4 Å². The second-order valence-electron chi connectivity index (χ2n) is 7.51. The van der Waals surface area contributed by atoms with Crippen LogP contribution in [-0.2, 0) is 20.0 Å². The first-order chi connectivity index (χ1) is 14.6. The van der Waals surface area contributed by atoms with Crippen molar-refractivity contribution in [1.29, 1.82) is 0 Å². The zero-order valence-corrected chi connectivity index (χ0v) is 17.4. The van der Waals surface area contributed by atoms with Gasteiger partial charge in [0.15, 0.2) is 0 Å². The van der Waals surface area contributed by atoms with Gasteiger partial charge in [-0.3, -0.25) is 9.59 Å². The maximum Gasteiger partial charge on any atom is 0.256 e. The van der Waals surface area contributed by atoms with Crippen LogP contribution in [0.25, 0.3) is 10.9 Å². The summed E-state index contributed by atoms with van der Waals surface area (Å²) in [7, 11) is 1.71. The first kappa shape index (κ1) is 18.6. The van der Waals surface area contributed by atoms with Crippen molar-refractivity contribution in [2.24, 2.45) is 7.05 Å². The molecule has 5 nitrogen and oxygen atoms in total. The van der Waals surface area contributed by atoms with Crippen molar-refractivity contribution < 1.29 is 4.79 Å². The Kier molecular flexibility index (Phi) is 4.64. The minimum absolute atomic E-state index is 0.202. The molecule has 0 bridgehead atoms. The van der Waals surface area contributed by atoms with E-state index in [2.05, 4.69) is 21.7 Å². The third-order valence-electron chi connectivity index (χ3n) is 5.70. The standard InChI is InChI=1S/C24H21N3O2S/c1-26-21-5-3-2-4-19(21)20(14-23(26)28)24(29)25-17-6-8-18(9-7-17)27-12-10-22-16(15-27)11-13-30-22/h2-9,11,13-14H,10,12,15H2,1H3,(H,25,29). The van der Waals surface area contributed by atoms with E-state index in [0.29, 0.717) is 11.3 Å². The number of hydrogen-bond acceptors (Lipinski definition) is 4. The zero-order chi connectivity index (χ0) is 20.7. The molecule has 0 spiro atoms. The zero-order valence-electron chi connectivity index (χ0n) is 16.6. The maximum atomic E-state index is 12.9. The fourth-order valence-electron chi connectivity index (χ4n) is 4.02. The summed E-state index contributed by atoms with van der Waals surface area (Å²) in [6.07, 6.45) is 1.07. The number of nitrogens with zero attached hydrogens (tertiary/aromatic N) is 2.